The van der Waals surface area contributed by atoms with Crippen LogP contribution in [0.3, 0.4) is 0 Å². The van der Waals surface area contributed by atoms with Crippen molar-refractivity contribution in [2.24, 2.45) is 0 Å². The topological polar surface area (TPSA) is 31.4 Å². The molecule has 0 N–H and O–H groups in total. The summed E-state index contributed by atoms with van der Waals surface area (Å²) >= 11 is 0. The van der Waals surface area contributed by atoms with Crippen LogP contribution in [-0.4, -0.2) is 19.2 Å². The van der Waals surface area contributed by atoms with Crippen LogP contribution in [0.1, 0.15) is 16.8 Å². The van der Waals surface area contributed by atoms with Gasteiger partial charge in [-0.25, -0.2) is 0 Å². The van der Waals surface area contributed by atoms with E-state index in [1.807, 2.05) is 30.3 Å². The van der Waals surface area contributed by atoms with Crippen molar-refractivity contribution in [3.63, 3.8) is 0 Å². The molecule has 150 valence electrons. The van der Waals surface area contributed by atoms with Gasteiger partial charge >= 0.3 is 0 Å². The first-order chi connectivity index (χ1) is 14.7. The van der Waals surface area contributed by atoms with E-state index in [0.717, 1.165) is 46.0 Å². The van der Waals surface area contributed by atoms with Gasteiger partial charge in [0, 0.05) is 16.8 Å². The van der Waals surface area contributed by atoms with Crippen molar-refractivity contribution in [3.8, 4) is 33.9 Å². The van der Waals surface area contributed by atoms with E-state index in [1.165, 1.54) is 11.1 Å². The quantitative estimate of drug-likeness (QED) is 0.382. The summed E-state index contributed by atoms with van der Waals surface area (Å²) in [7, 11) is 3.36. The molecular formula is C27H25NO2. The highest BCUT2D eigenvalue weighted by Crippen LogP contribution is 2.34. The van der Waals surface area contributed by atoms with E-state index in [4.69, 9.17) is 14.5 Å². The summed E-state index contributed by atoms with van der Waals surface area (Å²) in [6.45, 7) is 2.09. The third kappa shape index (κ3) is 4.20. The Balaban J connectivity index is 1.83. The molecule has 0 fully saturated rings. The van der Waals surface area contributed by atoms with Gasteiger partial charge in [-0.3, -0.25) is 4.98 Å². The summed E-state index contributed by atoms with van der Waals surface area (Å²) in [5.74, 6) is 1.68. The molecule has 0 spiro atoms. The van der Waals surface area contributed by atoms with E-state index < -0.39 is 0 Å². The largest absolute Gasteiger partial charge is 0.497 e. The average molecular weight is 396 g/mol. The summed E-state index contributed by atoms with van der Waals surface area (Å²) in [5.41, 5.74) is 7.81. The molecule has 0 atom stereocenters. The van der Waals surface area contributed by atoms with Crippen molar-refractivity contribution in [2.45, 2.75) is 13.3 Å². The molecule has 0 saturated heterocycles. The van der Waals surface area contributed by atoms with Crippen molar-refractivity contribution in [3.05, 3.63) is 102 Å². The van der Waals surface area contributed by atoms with Crippen LogP contribution in [0.5, 0.6) is 11.5 Å². The van der Waals surface area contributed by atoms with Gasteiger partial charge in [0.25, 0.3) is 0 Å². The molecule has 3 heteroatoms. The maximum absolute atomic E-state index is 5.34. The number of rotatable bonds is 6. The Bertz CT molecular complexity index is 1120. The fourth-order valence-electron chi connectivity index (χ4n) is 3.60. The standard InChI is InChI=1S/C27H25NO2/c1-19-23(17-20-7-5-4-6-8-20)18-26(21-9-13-24(29-2)14-10-21)27(28-19)22-11-15-25(30-3)16-12-22/h4-16,18H,17H2,1-3H3. The lowest BCUT2D eigenvalue weighted by Crippen LogP contribution is -2.00. The minimum absolute atomic E-state index is 0.835. The predicted octanol–water partition coefficient (Wildman–Crippen LogP) is 6.33. The zero-order chi connectivity index (χ0) is 20.9. The van der Waals surface area contributed by atoms with Crippen LogP contribution in [-0.2, 0) is 6.42 Å². The Hall–Kier alpha value is -3.59. The van der Waals surface area contributed by atoms with Crippen LogP contribution in [0, 0.1) is 6.92 Å². The number of nitrogens with zero attached hydrogens (tertiary/aromatic N) is 1. The average Bonchev–Trinajstić information content (AvgIpc) is 2.81. The van der Waals surface area contributed by atoms with Crippen LogP contribution >= 0.6 is 0 Å². The van der Waals surface area contributed by atoms with Gasteiger partial charge in [0.2, 0.25) is 0 Å². The smallest absolute Gasteiger partial charge is 0.118 e. The molecule has 0 unspecified atom stereocenters. The molecule has 0 radical (unpaired) electrons. The Morgan fingerprint density at radius 3 is 1.83 bits per heavy atom. The Morgan fingerprint density at radius 1 is 0.700 bits per heavy atom. The SMILES string of the molecule is COc1ccc(-c2cc(Cc3ccccc3)c(C)nc2-c2ccc(OC)cc2)cc1. The van der Waals surface area contributed by atoms with E-state index in [1.54, 1.807) is 14.2 Å². The van der Waals surface area contributed by atoms with Gasteiger partial charge in [-0.2, -0.15) is 0 Å². The van der Waals surface area contributed by atoms with Crippen molar-refractivity contribution < 1.29 is 9.47 Å². The molecule has 0 aliphatic rings. The molecule has 1 aromatic heterocycles. The summed E-state index contributed by atoms with van der Waals surface area (Å²) in [6.07, 6.45) is 0.853. The van der Waals surface area contributed by atoms with Gasteiger partial charge in [0.1, 0.15) is 11.5 Å². The molecule has 0 bridgehead atoms. The highest BCUT2D eigenvalue weighted by atomic mass is 16.5. The second kappa shape index (κ2) is 8.83. The maximum atomic E-state index is 5.34. The minimum Gasteiger partial charge on any atom is -0.497 e. The second-order valence-electron chi connectivity index (χ2n) is 7.25. The van der Waals surface area contributed by atoms with Gasteiger partial charge in [0.05, 0.1) is 19.9 Å². The van der Waals surface area contributed by atoms with E-state index in [9.17, 15) is 0 Å². The van der Waals surface area contributed by atoms with Gasteiger partial charge in [0.15, 0.2) is 0 Å². The molecule has 1 heterocycles. The maximum Gasteiger partial charge on any atom is 0.118 e. The van der Waals surface area contributed by atoms with Crippen LogP contribution in [0.4, 0.5) is 0 Å². The van der Waals surface area contributed by atoms with Crippen LogP contribution in [0.2, 0.25) is 0 Å². The summed E-state index contributed by atoms with van der Waals surface area (Å²) in [4.78, 5) is 5.04. The third-order valence-corrected chi connectivity index (χ3v) is 5.32. The summed E-state index contributed by atoms with van der Waals surface area (Å²) in [6, 6.07) is 29.0. The van der Waals surface area contributed by atoms with Crippen LogP contribution < -0.4 is 9.47 Å². The van der Waals surface area contributed by atoms with Crippen molar-refractivity contribution in [1.29, 1.82) is 0 Å². The number of hydrogen-bond acceptors (Lipinski definition) is 3. The van der Waals surface area contributed by atoms with E-state index in [0.29, 0.717) is 0 Å². The molecule has 4 rings (SSSR count). The van der Waals surface area contributed by atoms with Gasteiger partial charge in [-0.15, -0.1) is 0 Å². The van der Waals surface area contributed by atoms with Gasteiger partial charge in [-0.1, -0.05) is 42.5 Å². The number of benzene rings is 3. The zero-order valence-corrected chi connectivity index (χ0v) is 17.6. The zero-order valence-electron chi connectivity index (χ0n) is 17.6. The number of ether oxygens (including phenoxy) is 2. The fraction of sp³-hybridized carbons (Fsp3) is 0.148. The van der Waals surface area contributed by atoms with Crippen molar-refractivity contribution in [1.82, 2.24) is 4.98 Å². The lowest BCUT2D eigenvalue weighted by atomic mass is 9.94. The number of methoxy groups -OCH3 is 2. The number of aryl methyl sites for hydroxylation is 1. The first-order valence-electron chi connectivity index (χ1n) is 10.0. The monoisotopic (exact) mass is 395 g/mol. The lowest BCUT2D eigenvalue weighted by molar-refractivity contribution is 0.414. The van der Waals surface area contributed by atoms with Crippen LogP contribution in [0.15, 0.2) is 84.9 Å². The van der Waals surface area contributed by atoms with Gasteiger partial charge < -0.3 is 9.47 Å². The van der Waals surface area contributed by atoms with Crippen molar-refractivity contribution in [2.75, 3.05) is 14.2 Å². The van der Waals surface area contributed by atoms with Crippen molar-refractivity contribution >= 4 is 0 Å². The normalized spacial score (nSPS) is 10.6. The minimum atomic E-state index is 0.835. The predicted molar refractivity (Wildman–Crippen MR) is 122 cm³/mol. The molecular weight excluding hydrogens is 370 g/mol. The van der Waals surface area contributed by atoms with Crippen LogP contribution in [0.25, 0.3) is 22.4 Å². The fourth-order valence-corrected chi connectivity index (χ4v) is 3.60. The Morgan fingerprint density at radius 2 is 1.27 bits per heavy atom. The van der Waals surface area contributed by atoms with E-state index in [2.05, 4.69) is 61.5 Å². The molecule has 4 aromatic rings. The summed E-state index contributed by atoms with van der Waals surface area (Å²) in [5, 5.41) is 0. The van der Waals surface area contributed by atoms with E-state index in [-0.39, 0.29) is 0 Å². The molecule has 30 heavy (non-hydrogen) atoms. The first kappa shape index (κ1) is 19.7. The first-order valence-corrected chi connectivity index (χ1v) is 10.0. The molecule has 0 aliphatic carbocycles. The molecule has 3 aromatic carbocycles. The third-order valence-electron chi connectivity index (χ3n) is 5.32. The molecule has 0 aliphatic heterocycles. The summed E-state index contributed by atoms with van der Waals surface area (Å²) < 4.78 is 10.7. The molecule has 0 amide bonds. The lowest BCUT2D eigenvalue weighted by Gasteiger charge is -2.15. The second-order valence-corrected chi connectivity index (χ2v) is 7.25. The highest BCUT2D eigenvalue weighted by Gasteiger charge is 2.14. The Kier molecular flexibility index (Phi) is 5.80. The molecule has 0 saturated carbocycles. The number of aromatic nitrogens is 1. The van der Waals surface area contributed by atoms with Gasteiger partial charge in [-0.05, 0) is 72.5 Å². The van der Waals surface area contributed by atoms with E-state index >= 15 is 0 Å². The number of pyridine rings is 1. The number of hydrogen-bond donors (Lipinski definition) is 0. The highest BCUT2D eigenvalue weighted by molar-refractivity contribution is 5.82. The Labute approximate surface area is 178 Å². The molecule has 3 nitrogen and oxygen atoms in total.